The van der Waals surface area contributed by atoms with Gasteiger partial charge in [0.1, 0.15) is 5.54 Å². The van der Waals surface area contributed by atoms with Crippen LogP contribution in [0.1, 0.15) is 18.9 Å². The Labute approximate surface area is 162 Å². The van der Waals surface area contributed by atoms with Crippen LogP contribution in [0.3, 0.4) is 0 Å². The lowest BCUT2D eigenvalue weighted by molar-refractivity contribution is -0.130. The van der Waals surface area contributed by atoms with E-state index in [1.165, 1.54) is 4.90 Å². The van der Waals surface area contributed by atoms with Crippen LogP contribution in [0.4, 0.5) is 4.79 Å². The van der Waals surface area contributed by atoms with Crippen molar-refractivity contribution in [1.82, 2.24) is 10.2 Å². The molecule has 0 aromatic heterocycles. The first-order valence-corrected chi connectivity index (χ1v) is 9.91. The summed E-state index contributed by atoms with van der Waals surface area (Å²) in [6.45, 7) is 2.20. The molecule has 0 unspecified atom stereocenters. The van der Waals surface area contributed by atoms with Gasteiger partial charge in [-0.1, -0.05) is 41.9 Å². The van der Waals surface area contributed by atoms with Gasteiger partial charge in [0, 0.05) is 22.2 Å². The molecule has 1 fully saturated rings. The van der Waals surface area contributed by atoms with E-state index in [9.17, 15) is 9.59 Å². The molecular weight excluding hydrogens is 368 g/mol. The van der Waals surface area contributed by atoms with Crippen molar-refractivity contribution in [2.45, 2.75) is 30.2 Å². The van der Waals surface area contributed by atoms with Crippen molar-refractivity contribution in [1.29, 1.82) is 0 Å². The van der Waals surface area contributed by atoms with E-state index in [0.29, 0.717) is 23.7 Å². The molecule has 0 spiro atoms. The predicted molar refractivity (Wildman–Crippen MR) is 106 cm³/mol. The van der Waals surface area contributed by atoms with Gasteiger partial charge in [-0.3, -0.25) is 9.69 Å². The molecule has 1 aliphatic heterocycles. The molecular formula is C20H21ClN2O2S. The maximum absolute atomic E-state index is 12.8. The third-order valence-electron chi connectivity index (χ3n) is 4.50. The molecule has 2 aromatic carbocycles. The fourth-order valence-corrected chi connectivity index (χ4v) is 3.91. The average molecular weight is 389 g/mol. The molecule has 26 heavy (non-hydrogen) atoms. The van der Waals surface area contributed by atoms with Gasteiger partial charge < -0.3 is 5.32 Å². The van der Waals surface area contributed by atoms with Gasteiger partial charge >= 0.3 is 6.03 Å². The zero-order valence-electron chi connectivity index (χ0n) is 14.6. The molecule has 136 valence electrons. The molecule has 0 saturated carbocycles. The van der Waals surface area contributed by atoms with Crippen molar-refractivity contribution in [2.24, 2.45) is 0 Å². The van der Waals surface area contributed by atoms with Gasteiger partial charge in [0.15, 0.2) is 0 Å². The van der Waals surface area contributed by atoms with E-state index in [-0.39, 0.29) is 11.9 Å². The second-order valence-electron chi connectivity index (χ2n) is 6.51. The van der Waals surface area contributed by atoms with Crippen LogP contribution in [-0.4, -0.2) is 34.7 Å². The Morgan fingerprint density at radius 2 is 1.77 bits per heavy atom. The molecule has 2 aromatic rings. The fourth-order valence-electron chi connectivity index (χ4n) is 2.94. The standard InChI is InChI=1S/C20H21ClN2O2S/c1-20(12-11-15-5-3-2-4-6-15)18(24)23(19(25)22-20)13-14-26-17-9-7-16(21)8-10-17/h2-10H,11-14H2,1H3,(H,22,25)/t20-/m1/s1. The quantitative estimate of drug-likeness (QED) is 0.565. The summed E-state index contributed by atoms with van der Waals surface area (Å²) >= 11 is 7.48. The third-order valence-corrected chi connectivity index (χ3v) is 5.74. The lowest BCUT2D eigenvalue weighted by atomic mass is 9.93. The number of hydrogen-bond acceptors (Lipinski definition) is 3. The van der Waals surface area contributed by atoms with Crippen LogP contribution in [0.5, 0.6) is 0 Å². The summed E-state index contributed by atoms with van der Waals surface area (Å²) in [5.41, 5.74) is 0.324. The molecule has 0 bridgehead atoms. The van der Waals surface area contributed by atoms with Gasteiger partial charge in [-0.05, 0) is 49.6 Å². The topological polar surface area (TPSA) is 49.4 Å². The average Bonchev–Trinajstić information content (AvgIpc) is 2.86. The van der Waals surface area contributed by atoms with E-state index in [4.69, 9.17) is 11.6 Å². The number of carbonyl (C=O) groups excluding carboxylic acids is 2. The summed E-state index contributed by atoms with van der Waals surface area (Å²) in [7, 11) is 0. The van der Waals surface area contributed by atoms with Crippen molar-refractivity contribution in [3.8, 4) is 0 Å². The number of hydrogen-bond donors (Lipinski definition) is 1. The van der Waals surface area contributed by atoms with Crippen LogP contribution in [-0.2, 0) is 11.2 Å². The summed E-state index contributed by atoms with van der Waals surface area (Å²) in [6.07, 6.45) is 1.33. The number of benzene rings is 2. The van der Waals surface area contributed by atoms with Crippen molar-refractivity contribution < 1.29 is 9.59 Å². The van der Waals surface area contributed by atoms with Gasteiger partial charge in [-0.2, -0.15) is 0 Å². The maximum atomic E-state index is 12.8. The number of nitrogens with one attached hydrogen (secondary N) is 1. The molecule has 1 atom stereocenters. The van der Waals surface area contributed by atoms with Crippen LogP contribution in [0, 0.1) is 0 Å². The highest BCUT2D eigenvalue weighted by atomic mass is 35.5. The third kappa shape index (κ3) is 4.40. The van der Waals surface area contributed by atoms with Crippen LogP contribution in [0.15, 0.2) is 59.5 Å². The minimum absolute atomic E-state index is 0.143. The number of rotatable bonds is 7. The number of imide groups is 1. The summed E-state index contributed by atoms with van der Waals surface area (Å²) in [5, 5.41) is 3.56. The summed E-state index contributed by atoms with van der Waals surface area (Å²) in [6, 6.07) is 17.2. The van der Waals surface area contributed by atoms with Crippen LogP contribution >= 0.6 is 23.4 Å². The summed E-state index contributed by atoms with van der Waals surface area (Å²) in [4.78, 5) is 27.4. The van der Waals surface area contributed by atoms with E-state index >= 15 is 0 Å². The number of aryl methyl sites for hydroxylation is 1. The van der Waals surface area contributed by atoms with Crippen LogP contribution in [0.25, 0.3) is 0 Å². The molecule has 1 aliphatic rings. The first-order chi connectivity index (χ1) is 12.5. The second-order valence-corrected chi connectivity index (χ2v) is 8.11. The number of thioether (sulfide) groups is 1. The molecule has 0 aliphatic carbocycles. The largest absolute Gasteiger partial charge is 0.325 e. The SMILES string of the molecule is C[C@]1(CCc2ccccc2)NC(=O)N(CCSc2ccc(Cl)cc2)C1=O. The zero-order valence-corrected chi connectivity index (χ0v) is 16.1. The Morgan fingerprint density at radius 1 is 1.08 bits per heavy atom. The maximum Gasteiger partial charge on any atom is 0.325 e. The molecule has 6 heteroatoms. The lowest BCUT2D eigenvalue weighted by Crippen LogP contribution is -2.44. The fraction of sp³-hybridized carbons (Fsp3) is 0.300. The minimum Gasteiger partial charge on any atom is -0.323 e. The second kappa shape index (κ2) is 8.14. The van der Waals surface area contributed by atoms with E-state index in [0.717, 1.165) is 16.9 Å². The van der Waals surface area contributed by atoms with E-state index in [2.05, 4.69) is 5.32 Å². The van der Waals surface area contributed by atoms with Crippen molar-refractivity contribution >= 4 is 35.3 Å². The summed E-state index contributed by atoms with van der Waals surface area (Å²) < 4.78 is 0. The lowest BCUT2D eigenvalue weighted by Gasteiger charge is -2.21. The molecule has 1 saturated heterocycles. The Hall–Kier alpha value is -1.98. The predicted octanol–water partition coefficient (Wildman–Crippen LogP) is 4.38. The normalized spacial score (nSPS) is 19.7. The minimum atomic E-state index is -0.835. The first kappa shape index (κ1) is 18.8. The smallest absolute Gasteiger partial charge is 0.323 e. The van der Waals surface area contributed by atoms with Crippen molar-refractivity contribution in [3.63, 3.8) is 0 Å². The molecule has 1 heterocycles. The van der Waals surface area contributed by atoms with Gasteiger partial charge in [-0.25, -0.2) is 4.79 Å². The van der Waals surface area contributed by atoms with Gasteiger partial charge in [0.25, 0.3) is 5.91 Å². The number of halogens is 1. The van der Waals surface area contributed by atoms with E-state index in [1.807, 2.05) is 61.5 Å². The molecule has 4 nitrogen and oxygen atoms in total. The van der Waals surface area contributed by atoms with E-state index < -0.39 is 5.54 Å². The molecule has 3 rings (SSSR count). The highest BCUT2D eigenvalue weighted by Gasteiger charge is 2.46. The van der Waals surface area contributed by atoms with Crippen molar-refractivity contribution in [2.75, 3.05) is 12.3 Å². The number of nitrogens with zero attached hydrogens (tertiary/aromatic N) is 1. The van der Waals surface area contributed by atoms with Crippen molar-refractivity contribution in [3.05, 3.63) is 65.2 Å². The molecule has 1 N–H and O–H groups in total. The Balaban J connectivity index is 1.54. The zero-order chi connectivity index (χ0) is 18.6. The van der Waals surface area contributed by atoms with E-state index in [1.54, 1.807) is 11.8 Å². The number of urea groups is 1. The molecule has 3 amide bonds. The Bertz CT molecular complexity index is 782. The van der Waals surface area contributed by atoms with Gasteiger partial charge in [0.05, 0.1) is 0 Å². The Kier molecular flexibility index (Phi) is 5.89. The van der Waals surface area contributed by atoms with Gasteiger partial charge in [-0.15, -0.1) is 11.8 Å². The van der Waals surface area contributed by atoms with Crippen LogP contribution in [0.2, 0.25) is 5.02 Å². The highest BCUT2D eigenvalue weighted by molar-refractivity contribution is 7.99. The van der Waals surface area contributed by atoms with Gasteiger partial charge in [0.2, 0.25) is 0 Å². The molecule has 0 radical (unpaired) electrons. The van der Waals surface area contributed by atoms with Crippen LogP contribution < -0.4 is 5.32 Å². The summed E-state index contributed by atoms with van der Waals surface area (Å²) in [5.74, 6) is 0.505. The Morgan fingerprint density at radius 3 is 2.46 bits per heavy atom. The number of carbonyl (C=O) groups is 2. The highest BCUT2D eigenvalue weighted by Crippen LogP contribution is 2.25. The number of amides is 3. The first-order valence-electron chi connectivity index (χ1n) is 8.54. The monoisotopic (exact) mass is 388 g/mol.